The summed E-state index contributed by atoms with van der Waals surface area (Å²) in [7, 11) is 0. The molecule has 1 heterocycles. The van der Waals surface area contributed by atoms with E-state index in [4.69, 9.17) is 5.73 Å². The van der Waals surface area contributed by atoms with Gasteiger partial charge in [-0.15, -0.1) is 11.8 Å². The van der Waals surface area contributed by atoms with E-state index >= 15 is 0 Å². The minimum atomic E-state index is -0.425. The smallest absolute Gasteiger partial charge is 0.0825 e. The fourth-order valence-electron chi connectivity index (χ4n) is 4.06. The highest BCUT2D eigenvalue weighted by atomic mass is 32.2. The summed E-state index contributed by atoms with van der Waals surface area (Å²) < 4.78 is 0. The number of fused-ring (bicyclic) bond motifs is 1. The summed E-state index contributed by atoms with van der Waals surface area (Å²) in [6, 6.07) is 10.1. The molecule has 3 rings (SSSR count). The Bertz CT molecular complexity index is 470. The molecule has 0 spiro atoms. The Kier molecular flexibility index (Phi) is 6.40. The molecule has 2 aliphatic rings. The summed E-state index contributed by atoms with van der Waals surface area (Å²) in [5.74, 6) is 2.57. The first-order chi connectivity index (χ1) is 11.2. The van der Waals surface area contributed by atoms with Gasteiger partial charge in [-0.1, -0.05) is 37.5 Å². The Labute approximate surface area is 144 Å². The molecule has 4 unspecified atom stereocenters. The van der Waals surface area contributed by atoms with Crippen molar-refractivity contribution in [2.24, 2.45) is 17.6 Å². The van der Waals surface area contributed by atoms with Gasteiger partial charge in [-0.3, -0.25) is 0 Å². The maximum Gasteiger partial charge on any atom is 0.0825 e. The molecule has 4 heteroatoms. The molecular weight excluding hydrogens is 304 g/mol. The van der Waals surface area contributed by atoms with Gasteiger partial charge in [-0.2, -0.15) is 0 Å². The number of nitrogens with zero attached hydrogens (tertiary/aromatic N) is 1. The predicted molar refractivity (Wildman–Crippen MR) is 97.7 cm³/mol. The molecule has 1 saturated carbocycles. The third-order valence-electron chi connectivity index (χ3n) is 5.50. The quantitative estimate of drug-likeness (QED) is 0.785. The molecule has 1 aliphatic carbocycles. The zero-order valence-electron chi connectivity index (χ0n) is 13.9. The van der Waals surface area contributed by atoms with Crippen molar-refractivity contribution in [3.8, 4) is 0 Å². The number of β-amino-alcohol motifs (C(OH)–C–C–N with tert-alkyl or cyclic N) is 1. The molecule has 128 valence electrons. The third-order valence-corrected chi connectivity index (χ3v) is 6.66. The first kappa shape index (κ1) is 17.3. The molecular formula is C19H30N2OS. The normalized spacial score (nSPS) is 28.1. The molecule has 2 fully saturated rings. The first-order valence-corrected chi connectivity index (χ1v) is 10.0. The van der Waals surface area contributed by atoms with Crippen molar-refractivity contribution in [3.05, 3.63) is 30.3 Å². The van der Waals surface area contributed by atoms with Crippen LogP contribution in [0.3, 0.4) is 0 Å². The SMILES string of the molecule is NC(CSc1ccccc1)C(O)CN1CCC2CCCCC2C1. The highest BCUT2D eigenvalue weighted by Gasteiger charge is 2.32. The lowest BCUT2D eigenvalue weighted by Gasteiger charge is -2.42. The van der Waals surface area contributed by atoms with Crippen LogP contribution in [0.2, 0.25) is 0 Å². The van der Waals surface area contributed by atoms with Crippen LogP contribution in [0, 0.1) is 11.8 Å². The fraction of sp³-hybridized carbons (Fsp3) is 0.684. The molecule has 3 N–H and O–H groups in total. The van der Waals surface area contributed by atoms with Crippen LogP contribution in [-0.2, 0) is 0 Å². The Morgan fingerprint density at radius 3 is 2.65 bits per heavy atom. The summed E-state index contributed by atoms with van der Waals surface area (Å²) in [6.07, 6.45) is 6.51. The molecule has 3 nitrogen and oxygen atoms in total. The lowest BCUT2D eigenvalue weighted by Crippen LogP contribution is -2.49. The Balaban J connectivity index is 1.42. The van der Waals surface area contributed by atoms with E-state index < -0.39 is 6.10 Å². The van der Waals surface area contributed by atoms with E-state index in [-0.39, 0.29) is 6.04 Å². The number of likely N-dealkylation sites (tertiary alicyclic amines) is 1. The average molecular weight is 335 g/mol. The second-order valence-corrected chi connectivity index (χ2v) is 8.30. The van der Waals surface area contributed by atoms with E-state index in [1.165, 1.54) is 43.5 Å². The van der Waals surface area contributed by atoms with Crippen molar-refractivity contribution in [1.82, 2.24) is 4.90 Å². The van der Waals surface area contributed by atoms with Crippen LogP contribution >= 0.6 is 11.8 Å². The Morgan fingerprint density at radius 2 is 1.87 bits per heavy atom. The monoisotopic (exact) mass is 334 g/mol. The second kappa shape index (κ2) is 8.52. The molecule has 0 amide bonds. The van der Waals surface area contributed by atoms with Crippen molar-refractivity contribution in [2.45, 2.75) is 49.1 Å². The number of hydrogen-bond donors (Lipinski definition) is 2. The number of aliphatic hydroxyl groups is 1. The van der Waals surface area contributed by atoms with Crippen LogP contribution in [0.4, 0.5) is 0 Å². The van der Waals surface area contributed by atoms with Crippen LogP contribution in [0.15, 0.2) is 35.2 Å². The van der Waals surface area contributed by atoms with Gasteiger partial charge in [0.05, 0.1) is 6.10 Å². The van der Waals surface area contributed by atoms with E-state index in [0.717, 1.165) is 30.7 Å². The number of hydrogen-bond acceptors (Lipinski definition) is 4. The summed E-state index contributed by atoms with van der Waals surface area (Å²) in [6.45, 7) is 3.04. The summed E-state index contributed by atoms with van der Waals surface area (Å²) in [5, 5.41) is 10.5. The fourth-order valence-corrected chi connectivity index (χ4v) is 5.02. The van der Waals surface area contributed by atoms with Crippen molar-refractivity contribution < 1.29 is 5.11 Å². The highest BCUT2D eigenvalue weighted by molar-refractivity contribution is 7.99. The molecule has 1 aromatic carbocycles. The zero-order chi connectivity index (χ0) is 16.1. The van der Waals surface area contributed by atoms with Gasteiger partial charge in [0.25, 0.3) is 0 Å². The van der Waals surface area contributed by atoms with Gasteiger partial charge in [0.1, 0.15) is 0 Å². The average Bonchev–Trinajstić information content (AvgIpc) is 2.60. The number of rotatable bonds is 6. The maximum absolute atomic E-state index is 10.5. The molecule has 23 heavy (non-hydrogen) atoms. The molecule has 0 bridgehead atoms. The zero-order valence-corrected chi connectivity index (χ0v) is 14.8. The van der Waals surface area contributed by atoms with E-state index in [2.05, 4.69) is 17.0 Å². The van der Waals surface area contributed by atoms with Crippen molar-refractivity contribution in [1.29, 1.82) is 0 Å². The molecule has 1 saturated heterocycles. The van der Waals surface area contributed by atoms with Crippen molar-refractivity contribution in [3.63, 3.8) is 0 Å². The minimum Gasteiger partial charge on any atom is -0.390 e. The number of piperidine rings is 1. The standard InChI is InChI=1S/C19H30N2OS/c20-18(14-23-17-8-2-1-3-9-17)19(22)13-21-11-10-15-6-4-5-7-16(15)12-21/h1-3,8-9,15-16,18-19,22H,4-7,10-14,20H2. The van der Waals surface area contributed by atoms with Crippen LogP contribution < -0.4 is 5.73 Å². The van der Waals surface area contributed by atoms with Gasteiger partial charge < -0.3 is 15.7 Å². The van der Waals surface area contributed by atoms with Crippen LogP contribution in [-0.4, -0.2) is 47.5 Å². The molecule has 0 aromatic heterocycles. The van der Waals surface area contributed by atoms with Crippen molar-refractivity contribution in [2.75, 3.05) is 25.4 Å². The molecule has 4 atom stereocenters. The number of thioether (sulfide) groups is 1. The molecule has 0 radical (unpaired) electrons. The minimum absolute atomic E-state index is 0.163. The predicted octanol–water partition coefficient (Wildman–Crippen LogP) is 2.98. The molecule has 1 aromatic rings. The van der Waals surface area contributed by atoms with Gasteiger partial charge in [0.15, 0.2) is 0 Å². The van der Waals surface area contributed by atoms with Crippen LogP contribution in [0.25, 0.3) is 0 Å². The lowest BCUT2D eigenvalue weighted by atomic mass is 9.75. The van der Waals surface area contributed by atoms with Crippen LogP contribution in [0.5, 0.6) is 0 Å². The van der Waals surface area contributed by atoms with Gasteiger partial charge in [0, 0.05) is 29.8 Å². The Hall–Kier alpha value is -0.550. The van der Waals surface area contributed by atoms with Gasteiger partial charge in [-0.05, 0) is 43.4 Å². The van der Waals surface area contributed by atoms with E-state index in [1.807, 2.05) is 18.2 Å². The summed E-state index contributed by atoms with van der Waals surface area (Å²) >= 11 is 1.73. The van der Waals surface area contributed by atoms with Crippen LogP contribution in [0.1, 0.15) is 32.1 Å². The van der Waals surface area contributed by atoms with Gasteiger partial charge >= 0.3 is 0 Å². The summed E-state index contributed by atoms with van der Waals surface area (Å²) in [5.41, 5.74) is 6.22. The Morgan fingerprint density at radius 1 is 1.13 bits per heavy atom. The van der Waals surface area contributed by atoms with E-state index in [1.54, 1.807) is 11.8 Å². The molecule has 1 aliphatic heterocycles. The van der Waals surface area contributed by atoms with Gasteiger partial charge in [0.2, 0.25) is 0 Å². The number of aliphatic hydroxyl groups excluding tert-OH is 1. The van der Waals surface area contributed by atoms with Crippen molar-refractivity contribution >= 4 is 11.8 Å². The first-order valence-electron chi connectivity index (χ1n) is 9.06. The summed E-state index contributed by atoms with van der Waals surface area (Å²) in [4.78, 5) is 3.67. The highest BCUT2D eigenvalue weighted by Crippen LogP contribution is 2.36. The third kappa shape index (κ3) is 4.96. The second-order valence-electron chi connectivity index (χ2n) is 7.21. The topological polar surface area (TPSA) is 49.5 Å². The van der Waals surface area contributed by atoms with E-state index in [0.29, 0.717) is 0 Å². The van der Waals surface area contributed by atoms with Gasteiger partial charge in [-0.25, -0.2) is 0 Å². The lowest BCUT2D eigenvalue weighted by molar-refractivity contribution is 0.0400. The largest absolute Gasteiger partial charge is 0.390 e. The number of benzene rings is 1. The van der Waals surface area contributed by atoms with E-state index in [9.17, 15) is 5.11 Å². The number of nitrogens with two attached hydrogens (primary N) is 1. The maximum atomic E-state index is 10.5.